The number of aromatic nitrogens is 2. The molecule has 0 aliphatic heterocycles. The Morgan fingerprint density at radius 1 is 1.45 bits per heavy atom. The van der Waals surface area contributed by atoms with Crippen LogP contribution in [0, 0.1) is 0 Å². The molecule has 1 heterocycles. The maximum Gasteiger partial charge on any atom is 0.404 e. The van der Waals surface area contributed by atoms with E-state index < -0.39 is 6.09 Å². The summed E-state index contributed by atoms with van der Waals surface area (Å²) in [6.07, 6.45) is 0.691. The molecule has 0 atom stereocenters. The van der Waals surface area contributed by atoms with E-state index >= 15 is 0 Å². The minimum atomic E-state index is -0.876. The second-order valence-electron chi connectivity index (χ2n) is 4.32. The van der Waals surface area contributed by atoms with Crippen molar-refractivity contribution >= 4 is 17.7 Å². The van der Waals surface area contributed by atoms with Gasteiger partial charge in [0.15, 0.2) is 5.69 Å². The van der Waals surface area contributed by atoms with Gasteiger partial charge in [-0.3, -0.25) is 4.79 Å². The SMILES string of the molecule is CNc1cnc(C(C)C)nc1C(=O)NCCOC(N)=O. The minimum absolute atomic E-state index is 0.0120. The van der Waals surface area contributed by atoms with Gasteiger partial charge in [0.25, 0.3) is 5.91 Å². The first-order valence-corrected chi connectivity index (χ1v) is 6.20. The van der Waals surface area contributed by atoms with Crippen molar-refractivity contribution in [2.75, 3.05) is 25.5 Å². The van der Waals surface area contributed by atoms with Gasteiger partial charge in [0.05, 0.1) is 18.4 Å². The molecule has 0 aliphatic rings. The number of carbonyl (C=O) groups excluding carboxylic acids is 2. The summed E-state index contributed by atoms with van der Waals surface area (Å²) < 4.78 is 4.52. The number of carbonyl (C=O) groups is 2. The van der Waals surface area contributed by atoms with Gasteiger partial charge in [-0.05, 0) is 0 Å². The molecule has 1 aromatic heterocycles. The molecule has 2 amide bonds. The van der Waals surface area contributed by atoms with Gasteiger partial charge in [-0.1, -0.05) is 13.8 Å². The molecule has 4 N–H and O–H groups in total. The quantitative estimate of drug-likeness (QED) is 0.652. The third kappa shape index (κ3) is 4.38. The zero-order valence-corrected chi connectivity index (χ0v) is 11.8. The molecule has 0 radical (unpaired) electrons. The second kappa shape index (κ2) is 7.27. The number of nitrogens with zero attached hydrogens (tertiary/aromatic N) is 2. The normalized spacial score (nSPS) is 10.2. The van der Waals surface area contributed by atoms with Gasteiger partial charge in [-0.15, -0.1) is 0 Å². The lowest BCUT2D eigenvalue weighted by Crippen LogP contribution is -2.30. The van der Waals surface area contributed by atoms with Crippen LogP contribution in [0.25, 0.3) is 0 Å². The number of anilines is 1. The molecule has 0 saturated heterocycles. The Bertz CT molecular complexity index is 490. The van der Waals surface area contributed by atoms with E-state index in [1.54, 1.807) is 13.2 Å². The van der Waals surface area contributed by atoms with Crippen LogP contribution in [0.4, 0.5) is 10.5 Å². The number of hydrogen-bond donors (Lipinski definition) is 3. The van der Waals surface area contributed by atoms with Gasteiger partial charge >= 0.3 is 6.09 Å². The van der Waals surface area contributed by atoms with Crippen molar-refractivity contribution in [2.45, 2.75) is 19.8 Å². The van der Waals surface area contributed by atoms with Crippen molar-refractivity contribution in [1.82, 2.24) is 15.3 Å². The molecular formula is C12H19N5O3. The summed E-state index contributed by atoms with van der Waals surface area (Å²) in [6, 6.07) is 0. The Kier molecular flexibility index (Phi) is 5.70. The molecule has 0 unspecified atom stereocenters. The van der Waals surface area contributed by atoms with Gasteiger partial charge in [-0.2, -0.15) is 0 Å². The van der Waals surface area contributed by atoms with Crippen LogP contribution in [0.1, 0.15) is 36.1 Å². The lowest BCUT2D eigenvalue weighted by molar-refractivity contribution is 0.0932. The van der Waals surface area contributed by atoms with Gasteiger partial charge in [0.1, 0.15) is 12.4 Å². The van der Waals surface area contributed by atoms with Crippen LogP contribution >= 0.6 is 0 Å². The minimum Gasteiger partial charge on any atom is -0.448 e. The first-order valence-electron chi connectivity index (χ1n) is 6.20. The van der Waals surface area contributed by atoms with Gasteiger partial charge < -0.3 is 21.1 Å². The van der Waals surface area contributed by atoms with Crippen molar-refractivity contribution in [3.05, 3.63) is 17.7 Å². The highest BCUT2D eigenvalue weighted by atomic mass is 16.5. The number of primary amides is 1. The molecule has 0 spiro atoms. The average molecular weight is 281 g/mol. The zero-order chi connectivity index (χ0) is 15.1. The van der Waals surface area contributed by atoms with Crippen LogP contribution in [-0.4, -0.2) is 42.2 Å². The van der Waals surface area contributed by atoms with E-state index in [1.165, 1.54) is 0 Å². The average Bonchev–Trinajstić information content (AvgIpc) is 2.42. The molecule has 0 fully saturated rings. The fourth-order valence-electron chi connectivity index (χ4n) is 1.43. The van der Waals surface area contributed by atoms with Crippen LogP contribution in [-0.2, 0) is 4.74 Å². The maximum absolute atomic E-state index is 12.0. The van der Waals surface area contributed by atoms with Gasteiger partial charge in [0.2, 0.25) is 0 Å². The largest absolute Gasteiger partial charge is 0.448 e. The molecule has 0 aliphatic carbocycles. The molecule has 110 valence electrons. The van der Waals surface area contributed by atoms with E-state index in [0.29, 0.717) is 11.5 Å². The lowest BCUT2D eigenvalue weighted by Gasteiger charge is -2.11. The first kappa shape index (κ1) is 15.7. The van der Waals surface area contributed by atoms with Crippen LogP contribution in [0.3, 0.4) is 0 Å². The summed E-state index contributed by atoms with van der Waals surface area (Å²) in [5.74, 6) is 0.333. The van der Waals surface area contributed by atoms with Crippen molar-refractivity contribution in [3.8, 4) is 0 Å². The molecule has 1 aromatic rings. The smallest absolute Gasteiger partial charge is 0.404 e. The molecule has 8 nitrogen and oxygen atoms in total. The highest BCUT2D eigenvalue weighted by molar-refractivity contribution is 5.97. The van der Waals surface area contributed by atoms with Gasteiger partial charge in [0, 0.05) is 13.0 Å². The van der Waals surface area contributed by atoms with Crippen LogP contribution in [0.5, 0.6) is 0 Å². The Morgan fingerprint density at radius 3 is 2.70 bits per heavy atom. The number of hydrogen-bond acceptors (Lipinski definition) is 6. The van der Waals surface area contributed by atoms with E-state index in [1.807, 2.05) is 13.8 Å². The predicted molar refractivity (Wildman–Crippen MR) is 73.5 cm³/mol. The second-order valence-corrected chi connectivity index (χ2v) is 4.32. The van der Waals surface area contributed by atoms with E-state index in [2.05, 4.69) is 25.3 Å². The van der Waals surface area contributed by atoms with Crippen molar-refractivity contribution in [3.63, 3.8) is 0 Å². The van der Waals surface area contributed by atoms with Crippen molar-refractivity contribution < 1.29 is 14.3 Å². The van der Waals surface area contributed by atoms with E-state index in [-0.39, 0.29) is 30.7 Å². The fourth-order valence-corrected chi connectivity index (χ4v) is 1.43. The third-order valence-electron chi connectivity index (χ3n) is 2.44. The highest BCUT2D eigenvalue weighted by Gasteiger charge is 2.15. The monoisotopic (exact) mass is 281 g/mol. The van der Waals surface area contributed by atoms with E-state index in [0.717, 1.165) is 0 Å². The maximum atomic E-state index is 12.0. The molecule has 20 heavy (non-hydrogen) atoms. The summed E-state index contributed by atoms with van der Waals surface area (Å²) in [5, 5.41) is 5.45. The number of nitrogens with two attached hydrogens (primary N) is 1. The Morgan fingerprint density at radius 2 is 2.15 bits per heavy atom. The van der Waals surface area contributed by atoms with E-state index in [9.17, 15) is 9.59 Å². The Balaban J connectivity index is 2.74. The number of nitrogens with one attached hydrogen (secondary N) is 2. The fraction of sp³-hybridized carbons (Fsp3) is 0.500. The van der Waals surface area contributed by atoms with E-state index in [4.69, 9.17) is 5.73 Å². The molecule has 8 heteroatoms. The number of ether oxygens (including phenoxy) is 1. The Hall–Kier alpha value is -2.38. The molecule has 1 rings (SSSR count). The van der Waals surface area contributed by atoms with Crippen LogP contribution in [0.2, 0.25) is 0 Å². The molecular weight excluding hydrogens is 262 g/mol. The van der Waals surface area contributed by atoms with Gasteiger partial charge in [-0.25, -0.2) is 14.8 Å². The summed E-state index contributed by atoms with van der Waals surface area (Å²) in [5.41, 5.74) is 5.60. The summed E-state index contributed by atoms with van der Waals surface area (Å²) in [4.78, 5) is 30.8. The van der Waals surface area contributed by atoms with Crippen molar-refractivity contribution in [2.24, 2.45) is 5.73 Å². The van der Waals surface area contributed by atoms with Crippen LogP contribution < -0.4 is 16.4 Å². The number of rotatable bonds is 6. The lowest BCUT2D eigenvalue weighted by atomic mass is 10.2. The summed E-state index contributed by atoms with van der Waals surface area (Å²) in [6.45, 7) is 4.05. The highest BCUT2D eigenvalue weighted by Crippen LogP contribution is 2.15. The summed E-state index contributed by atoms with van der Waals surface area (Å²) >= 11 is 0. The number of amides is 2. The third-order valence-corrected chi connectivity index (χ3v) is 2.44. The molecule has 0 saturated carbocycles. The summed E-state index contributed by atoms with van der Waals surface area (Å²) in [7, 11) is 1.68. The van der Waals surface area contributed by atoms with Crippen LogP contribution in [0.15, 0.2) is 6.20 Å². The molecule has 0 aromatic carbocycles. The Labute approximate surface area is 117 Å². The molecule has 0 bridgehead atoms. The topological polar surface area (TPSA) is 119 Å². The predicted octanol–water partition coefficient (Wildman–Crippen LogP) is 0.467. The zero-order valence-electron chi connectivity index (χ0n) is 11.8. The van der Waals surface area contributed by atoms with Crippen molar-refractivity contribution in [1.29, 1.82) is 0 Å². The standard InChI is InChI=1S/C12H19N5O3/c1-7(2)10-16-6-8(14-3)9(17-10)11(18)15-4-5-20-12(13)19/h6-7,14H,4-5H2,1-3H3,(H2,13,19)(H,15,18). The first-order chi connectivity index (χ1) is 9.45.